The molecule has 0 amide bonds. The van der Waals surface area contributed by atoms with Gasteiger partial charge in [-0.3, -0.25) is 0 Å². The molecule has 3 nitrogen and oxygen atoms in total. The Balaban J connectivity index is 2.78. The van der Waals surface area contributed by atoms with Gasteiger partial charge in [-0.05, 0) is 32.4 Å². The lowest BCUT2D eigenvalue weighted by Crippen LogP contribution is -2.17. The Morgan fingerprint density at radius 1 is 1.25 bits per heavy atom. The Bertz CT molecular complexity index is 120. The standard InChI is InChI=1S/C9H18N2O/c1-12-9-5-8-11-7-4-2-3-6-10/h11H,2-5,7-9H2,1H3. The molecule has 0 radical (unpaired) electrons. The minimum Gasteiger partial charge on any atom is -0.385 e. The van der Waals surface area contributed by atoms with Crippen LogP contribution in [0.5, 0.6) is 0 Å². The number of nitriles is 1. The number of methoxy groups -OCH3 is 1. The fourth-order valence-corrected chi connectivity index (χ4v) is 0.921. The zero-order valence-electron chi connectivity index (χ0n) is 7.81. The van der Waals surface area contributed by atoms with Gasteiger partial charge in [-0.1, -0.05) is 0 Å². The molecule has 3 heteroatoms. The van der Waals surface area contributed by atoms with E-state index in [1.54, 1.807) is 7.11 Å². The molecule has 0 aliphatic heterocycles. The molecule has 0 aromatic rings. The smallest absolute Gasteiger partial charge is 0.0621 e. The average Bonchev–Trinajstić information content (AvgIpc) is 2.10. The number of nitrogens with one attached hydrogen (secondary N) is 1. The van der Waals surface area contributed by atoms with E-state index < -0.39 is 0 Å². The Kier molecular flexibility index (Phi) is 9.90. The number of unbranched alkanes of at least 4 members (excludes halogenated alkanes) is 2. The highest BCUT2D eigenvalue weighted by atomic mass is 16.5. The SMILES string of the molecule is COCCCNCCCCC#N. The summed E-state index contributed by atoms with van der Waals surface area (Å²) in [4.78, 5) is 0. The first-order valence-electron chi connectivity index (χ1n) is 4.48. The van der Waals surface area contributed by atoms with E-state index in [0.29, 0.717) is 6.42 Å². The maximum Gasteiger partial charge on any atom is 0.0621 e. The van der Waals surface area contributed by atoms with Crippen LogP contribution in [0.15, 0.2) is 0 Å². The Morgan fingerprint density at radius 2 is 2.00 bits per heavy atom. The van der Waals surface area contributed by atoms with Crippen LogP contribution >= 0.6 is 0 Å². The van der Waals surface area contributed by atoms with Crippen LogP contribution in [-0.4, -0.2) is 26.8 Å². The second-order valence-corrected chi connectivity index (χ2v) is 2.71. The molecule has 0 unspecified atom stereocenters. The molecule has 0 rings (SSSR count). The maximum atomic E-state index is 8.25. The topological polar surface area (TPSA) is 45.0 Å². The van der Waals surface area contributed by atoms with Gasteiger partial charge in [0.1, 0.15) is 0 Å². The van der Waals surface area contributed by atoms with Gasteiger partial charge in [-0.15, -0.1) is 0 Å². The van der Waals surface area contributed by atoms with Gasteiger partial charge in [0.05, 0.1) is 6.07 Å². The van der Waals surface area contributed by atoms with Crippen LogP contribution in [0.3, 0.4) is 0 Å². The van der Waals surface area contributed by atoms with Crippen molar-refractivity contribution >= 4 is 0 Å². The second-order valence-electron chi connectivity index (χ2n) is 2.71. The average molecular weight is 170 g/mol. The summed E-state index contributed by atoms with van der Waals surface area (Å²) in [5.41, 5.74) is 0. The summed E-state index contributed by atoms with van der Waals surface area (Å²) in [5, 5.41) is 11.5. The molecule has 0 heterocycles. The van der Waals surface area contributed by atoms with Crippen LogP contribution < -0.4 is 5.32 Å². The third-order valence-electron chi connectivity index (χ3n) is 1.59. The van der Waals surface area contributed by atoms with Gasteiger partial charge in [0.15, 0.2) is 0 Å². The van der Waals surface area contributed by atoms with Crippen molar-refractivity contribution in [1.29, 1.82) is 5.26 Å². The monoisotopic (exact) mass is 170 g/mol. The second kappa shape index (κ2) is 10.4. The number of hydrogen-bond donors (Lipinski definition) is 1. The van der Waals surface area contributed by atoms with E-state index in [4.69, 9.17) is 10.00 Å². The van der Waals surface area contributed by atoms with Gasteiger partial charge >= 0.3 is 0 Å². The van der Waals surface area contributed by atoms with E-state index in [-0.39, 0.29) is 0 Å². The highest BCUT2D eigenvalue weighted by molar-refractivity contribution is 4.68. The van der Waals surface area contributed by atoms with Crippen molar-refractivity contribution in [2.75, 3.05) is 26.8 Å². The molecule has 0 aromatic carbocycles. The summed E-state index contributed by atoms with van der Waals surface area (Å²) in [7, 11) is 1.72. The molecule has 0 aromatic heterocycles. The fraction of sp³-hybridized carbons (Fsp3) is 0.889. The van der Waals surface area contributed by atoms with Crippen LogP contribution in [0.1, 0.15) is 25.7 Å². The van der Waals surface area contributed by atoms with Gasteiger partial charge in [0.2, 0.25) is 0 Å². The van der Waals surface area contributed by atoms with Gasteiger partial charge in [0, 0.05) is 20.1 Å². The third kappa shape index (κ3) is 9.41. The summed E-state index contributed by atoms with van der Waals surface area (Å²) in [6.45, 7) is 2.86. The van der Waals surface area contributed by atoms with Crippen molar-refractivity contribution in [3.05, 3.63) is 0 Å². The van der Waals surface area contributed by atoms with Gasteiger partial charge in [-0.2, -0.15) is 5.26 Å². The molecular formula is C9H18N2O. The van der Waals surface area contributed by atoms with E-state index in [9.17, 15) is 0 Å². The van der Waals surface area contributed by atoms with Crippen LogP contribution in [0.25, 0.3) is 0 Å². The maximum absolute atomic E-state index is 8.25. The molecule has 1 N–H and O–H groups in total. The van der Waals surface area contributed by atoms with Crippen LogP contribution in [0.2, 0.25) is 0 Å². The number of ether oxygens (including phenoxy) is 1. The predicted molar refractivity (Wildman–Crippen MR) is 48.8 cm³/mol. The summed E-state index contributed by atoms with van der Waals surface area (Å²) < 4.78 is 4.90. The normalized spacial score (nSPS) is 9.67. The van der Waals surface area contributed by atoms with E-state index in [1.165, 1.54) is 0 Å². The minimum atomic E-state index is 0.680. The first-order chi connectivity index (χ1) is 5.91. The van der Waals surface area contributed by atoms with Crippen molar-refractivity contribution < 1.29 is 4.74 Å². The molecule has 70 valence electrons. The Hall–Kier alpha value is -0.590. The molecule has 0 saturated heterocycles. The van der Waals surface area contributed by atoms with Crippen LogP contribution in [-0.2, 0) is 4.74 Å². The first-order valence-corrected chi connectivity index (χ1v) is 4.48. The van der Waals surface area contributed by atoms with E-state index >= 15 is 0 Å². The zero-order valence-corrected chi connectivity index (χ0v) is 7.81. The highest BCUT2D eigenvalue weighted by Gasteiger charge is 1.88. The predicted octanol–water partition coefficient (Wildman–Crippen LogP) is 1.31. The zero-order chi connectivity index (χ0) is 9.07. The van der Waals surface area contributed by atoms with E-state index in [0.717, 1.165) is 39.0 Å². The van der Waals surface area contributed by atoms with Gasteiger partial charge in [0.25, 0.3) is 0 Å². The summed E-state index contributed by atoms with van der Waals surface area (Å²) >= 11 is 0. The molecule has 0 aliphatic carbocycles. The number of hydrogen-bond acceptors (Lipinski definition) is 3. The van der Waals surface area contributed by atoms with Crippen molar-refractivity contribution in [1.82, 2.24) is 5.32 Å². The largest absolute Gasteiger partial charge is 0.385 e. The van der Waals surface area contributed by atoms with Crippen molar-refractivity contribution in [2.45, 2.75) is 25.7 Å². The molecule has 0 saturated carbocycles. The van der Waals surface area contributed by atoms with Crippen molar-refractivity contribution in [3.63, 3.8) is 0 Å². The lowest BCUT2D eigenvalue weighted by atomic mass is 10.2. The minimum absolute atomic E-state index is 0.680. The molecule has 0 fully saturated rings. The lowest BCUT2D eigenvalue weighted by molar-refractivity contribution is 0.194. The van der Waals surface area contributed by atoms with Crippen molar-refractivity contribution in [3.8, 4) is 6.07 Å². The summed E-state index contributed by atoms with van der Waals surface area (Å²) in [6.07, 6.45) is 3.85. The van der Waals surface area contributed by atoms with Gasteiger partial charge < -0.3 is 10.1 Å². The molecule has 0 spiro atoms. The number of nitrogens with zero attached hydrogens (tertiary/aromatic N) is 1. The molecule has 0 bridgehead atoms. The summed E-state index contributed by atoms with van der Waals surface area (Å²) in [6, 6.07) is 2.13. The molecular weight excluding hydrogens is 152 g/mol. The number of rotatable bonds is 8. The summed E-state index contributed by atoms with van der Waals surface area (Å²) in [5.74, 6) is 0. The Labute approximate surface area is 74.7 Å². The van der Waals surface area contributed by atoms with Crippen LogP contribution in [0.4, 0.5) is 0 Å². The van der Waals surface area contributed by atoms with E-state index in [2.05, 4.69) is 11.4 Å². The van der Waals surface area contributed by atoms with Crippen molar-refractivity contribution in [2.24, 2.45) is 0 Å². The third-order valence-corrected chi connectivity index (χ3v) is 1.59. The lowest BCUT2D eigenvalue weighted by Gasteiger charge is -2.02. The van der Waals surface area contributed by atoms with E-state index in [1.807, 2.05) is 0 Å². The van der Waals surface area contributed by atoms with Gasteiger partial charge in [-0.25, -0.2) is 0 Å². The Morgan fingerprint density at radius 3 is 2.67 bits per heavy atom. The van der Waals surface area contributed by atoms with Crippen LogP contribution in [0, 0.1) is 11.3 Å². The molecule has 0 aliphatic rings. The molecule has 12 heavy (non-hydrogen) atoms. The highest BCUT2D eigenvalue weighted by Crippen LogP contribution is 1.91. The first kappa shape index (κ1) is 11.4. The molecule has 0 atom stereocenters. The quantitative estimate of drug-likeness (QED) is 0.558. The fourth-order valence-electron chi connectivity index (χ4n) is 0.921.